The van der Waals surface area contributed by atoms with Gasteiger partial charge in [0.2, 0.25) is 0 Å². The standard InChI is InChI=1S/7C3H9O.BO3.4FH/c7*1-4(2)3;2-1(3)4;;;;/h7*1-3H3;;4*1H/q7*+1;-3;;;;/p-4. The van der Waals surface area contributed by atoms with Gasteiger partial charge in [0, 0.05) is 0 Å². The molecular formula is C21H63BF4O10. The van der Waals surface area contributed by atoms with Crippen molar-refractivity contribution in [2.45, 2.75) is 0 Å². The molecule has 0 aliphatic heterocycles. The van der Waals surface area contributed by atoms with Gasteiger partial charge in [-0.15, -0.1) is 0 Å². The van der Waals surface area contributed by atoms with Gasteiger partial charge >= 0.3 is 0 Å². The summed E-state index contributed by atoms with van der Waals surface area (Å²) in [5.41, 5.74) is 0. The molecule has 0 bridgehead atoms. The number of hydrogen-bond acceptors (Lipinski definition) is 3. The predicted octanol–water partition coefficient (Wildman–Crippen LogP) is -12.9. The van der Waals surface area contributed by atoms with Crippen LogP contribution < -0.4 is 33.9 Å². The predicted molar refractivity (Wildman–Crippen MR) is 138 cm³/mol. The van der Waals surface area contributed by atoms with Crippen molar-refractivity contribution >= 4 is 7.32 Å². The quantitative estimate of drug-likeness (QED) is 0.167. The first-order chi connectivity index (χ1) is 13.9. The molecule has 0 aromatic heterocycles. The highest BCUT2D eigenvalue weighted by atomic mass is 19.0. The minimum atomic E-state index is -2.92. The van der Waals surface area contributed by atoms with Gasteiger partial charge in [-0.25, -0.2) is 0 Å². The van der Waals surface area contributed by atoms with E-state index in [1.54, 1.807) is 0 Å². The molecule has 15 heteroatoms. The summed E-state index contributed by atoms with van der Waals surface area (Å²) in [4.78, 5) is 0. The molecule has 0 N–H and O–H groups in total. The van der Waals surface area contributed by atoms with Gasteiger partial charge in [-0.2, -0.15) is 0 Å². The molecule has 0 amide bonds. The first-order valence-corrected chi connectivity index (χ1v) is 9.28. The maximum absolute atomic E-state index is 8.42. The van der Waals surface area contributed by atoms with Gasteiger partial charge in [-0.05, 0) is 0 Å². The van der Waals surface area contributed by atoms with E-state index >= 15 is 0 Å². The zero-order valence-electron chi connectivity index (χ0n) is 27.2. The van der Waals surface area contributed by atoms with E-state index in [4.69, 9.17) is 15.1 Å². The van der Waals surface area contributed by atoms with Crippen LogP contribution in [0.4, 0.5) is 0 Å². The Morgan fingerprint density at radius 1 is 0.250 bits per heavy atom. The lowest BCUT2D eigenvalue weighted by atomic mass is 10.3. The maximum Gasteiger partial charge on any atom is 0.135 e. The lowest BCUT2D eigenvalue weighted by Gasteiger charge is -2.35. The van der Waals surface area contributed by atoms with Gasteiger partial charge < -0.3 is 64.5 Å². The summed E-state index contributed by atoms with van der Waals surface area (Å²) in [6, 6.07) is 0. The van der Waals surface area contributed by atoms with Gasteiger partial charge in [0.25, 0.3) is 0 Å². The molecule has 0 aliphatic rings. The van der Waals surface area contributed by atoms with Crippen molar-refractivity contribution in [3.05, 3.63) is 0 Å². The van der Waals surface area contributed by atoms with Crippen LogP contribution in [-0.2, 0) is 30.6 Å². The summed E-state index contributed by atoms with van der Waals surface area (Å²) in [5, 5.41) is 25.2. The Morgan fingerprint density at radius 3 is 0.250 bits per heavy atom. The minimum Gasteiger partial charge on any atom is -1.00 e. The molecular weight excluding hydrogens is 499 g/mol. The molecule has 36 heavy (non-hydrogen) atoms. The van der Waals surface area contributed by atoms with Gasteiger partial charge in [-0.3, -0.25) is 7.32 Å². The fourth-order valence-electron chi connectivity index (χ4n) is 0. The molecule has 0 radical (unpaired) electrons. The minimum absolute atomic E-state index is 0. The van der Waals surface area contributed by atoms with E-state index in [1.807, 2.05) is 149 Å². The van der Waals surface area contributed by atoms with Crippen molar-refractivity contribution in [1.82, 2.24) is 0 Å². The van der Waals surface area contributed by atoms with Crippen molar-refractivity contribution in [2.75, 3.05) is 149 Å². The second-order valence-electron chi connectivity index (χ2n) is 8.86. The fourth-order valence-corrected chi connectivity index (χ4v) is 0. The SMILES string of the molecule is C[O+](C)C.C[O+](C)C.C[O+](C)C.C[O+](C)C.C[O+](C)C.C[O+](C)C.C[O+](C)C.[F-].[F-].[F-].[F-].[O-]B([O-])[O-]. The largest absolute Gasteiger partial charge is 1.00 e. The Balaban J connectivity index is -0.0000000180. The normalized spacial score (nSPS) is 7.75. The number of hydrogen-bond donors (Lipinski definition) is 0. The van der Waals surface area contributed by atoms with E-state index in [-0.39, 0.29) is 18.8 Å². The summed E-state index contributed by atoms with van der Waals surface area (Å²) in [7, 11) is 37.3. The van der Waals surface area contributed by atoms with Crippen molar-refractivity contribution < 1.29 is 64.5 Å². The van der Waals surface area contributed by atoms with E-state index in [2.05, 4.69) is 30.6 Å². The smallest absolute Gasteiger partial charge is 0.135 e. The van der Waals surface area contributed by atoms with Crippen LogP contribution in [0.3, 0.4) is 0 Å². The summed E-state index contributed by atoms with van der Waals surface area (Å²) < 4.78 is 18.1. The fraction of sp³-hybridized carbons (Fsp3) is 1.00. The Morgan fingerprint density at radius 2 is 0.250 bits per heavy atom. The van der Waals surface area contributed by atoms with Crippen molar-refractivity contribution in [3.63, 3.8) is 0 Å². The summed E-state index contributed by atoms with van der Waals surface area (Å²) >= 11 is 0. The van der Waals surface area contributed by atoms with Crippen molar-refractivity contribution in [3.8, 4) is 0 Å². The molecule has 0 saturated heterocycles. The van der Waals surface area contributed by atoms with Gasteiger partial charge in [0.15, 0.2) is 0 Å². The third-order valence-electron chi connectivity index (χ3n) is 0. The summed E-state index contributed by atoms with van der Waals surface area (Å²) in [6.07, 6.45) is 0. The van der Waals surface area contributed by atoms with Gasteiger partial charge in [0.05, 0.1) is 0 Å². The van der Waals surface area contributed by atoms with E-state index in [1.165, 1.54) is 0 Å². The van der Waals surface area contributed by atoms with Crippen LogP contribution >= 0.6 is 0 Å². The first-order valence-electron chi connectivity index (χ1n) is 9.28. The second kappa shape index (κ2) is 70.1. The van der Waals surface area contributed by atoms with Crippen LogP contribution in [0.25, 0.3) is 0 Å². The maximum atomic E-state index is 8.42. The van der Waals surface area contributed by atoms with E-state index in [0.717, 1.165) is 0 Å². The highest BCUT2D eigenvalue weighted by molar-refractivity contribution is 6.24. The number of rotatable bonds is 0. The third-order valence-corrected chi connectivity index (χ3v) is 0. The molecule has 0 aromatic carbocycles. The van der Waals surface area contributed by atoms with Crippen LogP contribution in [0.15, 0.2) is 0 Å². The van der Waals surface area contributed by atoms with Crippen LogP contribution in [0.1, 0.15) is 0 Å². The molecule has 10 nitrogen and oxygen atoms in total. The average molecular weight is 563 g/mol. The molecule has 0 heterocycles. The molecule has 0 saturated carbocycles. The molecule has 0 aliphatic carbocycles. The summed E-state index contributed by atoms with van der Waals surface area (Å²) in [6.45, 7) is 0. The molecule has 0 fully saturated rings. The molecule has 0 spiro atoms. The molecule has 0 aromatic rings. The van der Waals surface area contributed by atoms with Crippen molar-refractivity contribution in [2.24, 2.45) is 0 Å². The zero-order valence-corrected chi connectivity index (χ0v) is 27.2. The second-order valence-corrected chi connectivity index (χ2v) is 8.86. The third kappa shape index (κ3) is 92600. The highest BCUT2D eigenvalue weighted by Crippen LogP contribution is 1.62. The highest BCUT2D eigenvalue weighted by Gasteiger charge is 1.63. The van der Waals surface area contributed by atoms with Crippen molar-refractivity contribution in [1.29, 1.82) is 0 Å². The van der Waals surface area contributed by atoms with E-state index < -0.39 is 7.32 Å². The molecule has 0 rings (SSSR count). The lowest BCUT2D eigenvalue weighted by molar-refractivity contribution is -0.479. The Kier molecular flexibility index (Phi) is 149. The molecule has 0 atom stereocenters. The Bertz CT molecular complexity index is 163. The summed E-state index contributed by atoms with van der Waals surface area (Å²) in [5.74, 6) is 0. The van der Waals surface area contributed by atoms with Crippen LogP contribution in [0.5, 0.6) is 0 Å². The molecule has 0 unspecified atom stereocenters. The Labute approximate surface area is 221 Å². The van der Waals surface area contributed by atoms with E-state index in [0.29, 0.717) is 0 Å². The number of halogens is 4. The zero-order chi connectivity index (χ0) is 28.6. The van der Waals surface area contributed by atoms with E-state index in [9.17, 15) is 0 Å². The van der Waals surface area contributed by atoms with Gasteiger partial charge in [-0.1, -0.05) is 0 Å². The Hall–Kier alpha value is -0.615. The monoisotopic (exact) mass is 562 g/mol. The van der Waals surface area contributed by atoms with Crippen LogP contribution in [0, 0.1) is 0 Å². The first kappa shape index (κ1) is 76.5. The van der Waals surface area contributed by atoms with Crippen LogP contribution in [0.2, 0.25) is 0 Å². The van der Waals surface area contributed by atoms with Crippen LogP contribution in [-0.4, -0.2) is 157 Å². The molecule has 238 valence electrons. The van der Waals surface area contributed by atoms with Gasteiger partial charge in [0.1, 0.15) is 149 Å². The topological polar surface area (TPSA) is 88.1 Å². The average Bonchev–Trinajstić information content (AvgIpc) is 2.30. The lowest BCUT2D eigenvalue weighted by Crippen LogP contribution is -3.00.